The summed E-state index contributed by atoms with van der Waals surface area (Å²) in [6, 6.07) is 10.5. The number of hydrogen-bond donors (Lipinski definition) is 0. The van der Waals surface area contributed by atoms with Crippen molar-refractivity contribution in [1.29, 1.82) is 0 Å². The third-order valence-corrected chi connectivity index (χ3v) is 3.86. The molecule has 1 unspecified atom stereocenters. The largest absolute Gasteiger partial charge is 0.260 e. The summed E-state index contributed by atoms with van der Waals surface area (Å²) >= 11 is 0. The second-order valence-corrected chi connectivity index (χ2v) is 6.90. The van der Waals surface area contributed by atoms with Crippen molar-refractivity contribution >= 4 is 0 Å². The molecular weight excluding hydrogens is 256 g/mol. The molecule has 2 heteroatoms. The number of aryl methyl sites for hydroxylation is 2. The molecule has 0 fully saturated rings. The molecule has 2 rings (SSSR count). The second-order valence-electron chi connectivity index (χ2n) is 6.90. The van der Waals surface area contributed by atoms with Crippen LogP contribution < -0.4 is 0 Å². The summed E-state index contributed by atoms with van der Waals surface area (Å²) in [5.74, 6) is 0.470. The number of pyridine rings is 2. The van der Waals surface area contributed by atoms with E-state index in [0.29, 0.717) is 5.92 Å². The van der Waals surface area contributed by atoms with Crippen LogP contribution in [-0.2, 0) is 11.8 Å². The summed E-state index contributed by atoms with van der Waals surface area (Å²) in [5, 5.41) is 0. The Hall–Kier alpha value is -1.70. The predicted octanol–water partition coefficient (Wildman–Crippen LogP) is 4.82. The van der Waals surface area contributed by atoms with Gasteiger partial charge in [-0.1, -0.05) is 39.8 Å². The minimum Gasteiger partial charge on any atom is -0.260 e. The molecule has 0 saturated carbocycles. The van der Waals surface area contributed by atoms with Crippen LogP contribution in [0.2, 0.25) is 0 Å². The van der Waals surface area contributed by atoms with Gasteiger partial charge >= 0.3 is 0 Å². The molecule has 0 amide bonds. The van der Waals surface area contributed by atoms with E-state index in [2.05, 4.69) is 68.9 Å². The van der Waals surface area contributed by atoms with Crippen LogP contribution in [0.25, 0.3) is 0 Å². The van der Waals surface area contributed by atoms with Crippen LogP contribution in [0.15, 0.2) is 36.5 Å². The minimum atomic E-state index is 0.0986. The van der Waals surface area contributed by atoms with Crippen LogP contribution in [0.5, 0.6) is 0 Å². The summed E-state index contributed by atoms with van der Waals surface area (Å²) in [6.07, 6.45) is 4.05. The van der Waals surface area contributed by atoms with Crippen molar-refractivity contribution in [2.24, 2.45) is 0 Å². The molecule has 0 bridgehead atoms. The summed E-state index contributed by atoms with van der Waals surface area (Å²) in [4.78, 5) is 9.24. The molecule has 0 aliphatic carbocycles. The van der Waals surface area contributed by atoms with Gasteiger partial charge in [0.05, 0.1) is 0 Å². The Balaban J connectivity index is 2.10. The van der Waals surface area contributed by atoms with Gasteiger partial charge in [-0.3, -0.25) is 9.97 Å². The fourth-order valence-corrected chi connectivity index (χ4v) is 2.67. The van der Waals surface area contributed by atoms with Crippen molar-refractivity contribution in [2.45, 2.75) is 58.8 Å². The average molecular weight is 282 g/mol. The predicted molar refractivity (Wildman–Crippen MR) is 88.6 cm³/mol. The van der Waals surface area contributed by atoms with E-state index in [-0.39, 0.29) is 5.41 Å². The first-order chi connectivity index (χ1) is 9.88. The average Bonchev–Trinajstić information content (AvgIpc) is 2.44. The van der Waals surface area contributed by atoms with E-state index in [1.807, 2.05) is 12.3 Å². The zero-order valence-electron chi connectivity index (χ0n) is 13.9. The standard InChI is InChI=1S/C19H26N2/c1-14(17-10-6-8-15(2)21-17)11-12-16-9-7-13-20-18(16)19(3,4)5/h6-10,13-14H,11-12H2,1-5H3. The van der Waals surface area contributed by atoms with Gasteiger partial charge in [-0.15, -0.1) is 0 Å². The molecule has 2 aromatic rings. The molecule has 1 atom stereocenters. The highest BCUT2D eigenvalue weighted by Crippen LogP contribution is 2.26. The molecule has 0 aliphatic rings. The van der Waals surface area contributed by atoms with E-state index < -0.39 is 0 Å². The van der Waals surface area contributed by atoms with Crippen molar-refractivity contribution in [3.05, 3.63) is 59.2 Å². The molecule has 2 heterocycles. The Morgan fingerprint density at radius 2 is 1.86 bits per heavy atom. The first kappa shape index (κ1) is 15.7. The van der Waals surface area contributed by atoms with Gasteiger partial charge in [0.1, 0.15) is 0 Å². The molecule has 2 nitrogen and oxygen atoms in total. The fraction of sp³-hybridized carbons (Fsp3) is 0.474. The van der Waals surface area contributed by atoms with Crippen molar-refractivity contribution in [2.75, 3.05) is 0 Å². The molecule has 112 valence electrons. The minimum absolute atomic E-state index is 0.0986. The summed E-state index contributed by atoms with van der Waals surface area (Å²) < 4.78 is 0. The lowest BCUT2D eigenvalue weighted by Gasteiger charge is -2.22. The number of rotatable bonds is 4. The Morgan fingerprint density at radius 1 is 1.10 bits per heavy atom. The number of nitrogens with zero attached hydrogens (tertiary/aromatic N) is 2. The Morgan fingerprint density at radius 3 is 2.52 bits per heavy atom. The van der Waals surface area contributed by atoms with Crippen molar-refractivity contribution in [3.8, 4) is 0 Å². The second kappa shape index (κ2) is 6.38. The van der Waals surface area contributed by atoms with Crippen LogP contribution in [0.4, 0.5) is 0 Å². The third kappa shape index (κ3) is 4.13. The Labute approximate surface area is 128 Å². The molecular formula is C19H26N2. The first-order valence-electron chi connectivity index (χ1n) is 7.76. The van der Waals surface area contributed by atoms with Gasteiger partial charge in [0.25, 0.3) is 0 Å². The van der Waals surface area contributed by atoms with Gasteiger partial charge in [0, 0.05) is 28.7 Å². The molecule has 0 spiro atoms. The van der Waals surface area contributed by atoms with Crippen LogP contribution in [-0.4, -0.2) is 9.97 Å². The maximum atomic E-state index is 4.64. The van der Waals surface area contributed by atoms with Gasteiger partial charge in [-0.2, -0.15) is 0 Å². The topological polar surface area (TPSA) is 25.8 Å². The van der Waals surface area contributed by atoms with Crippen LogP contribution in [0.3, 0.4) is 0 Å². The van der Waals surface area contributed by atoms with Crippen molar-refractivity contribution < 1.29 is 0 Å². The van der Waals surface area contributed by atoms with E-state index in [4.69, 9.17) is 0 Å². The molecule has 0 aliphatic heterocycles. The van der Waals surface area contributed by atoms with Gasteiger partial charge in [0.2, 0.25) is 0 Å². The van der Waals surface area contributed by atoms with Crippen LogP contribution >= 0.6 is 0 Å². The zero-order chi connectivity index (χ0) is 15.5. The Bertz CT molecular complexity index is 597. The normalized spacial score (nSPS) is 13.2. The fourth-order valence-electron chi connectivity index (χ4n) is 2.67. The lowest BCUT2D eigenvalue weighted by Crippen LogP contribution is -2.16. The van der Waals surface area contributed by atoms with E-state index >= 15 is 0 Å². The highest BCUT2D eigenvalue weighted by Gasteiger charge is 2.19. The molecule has 0 N–H and O–H groups in total. The monoisotopic (exact) mass is 282 g/mol. The number of aromatic nitrogens is 2. The summed E-state index contributed by atoms with van der Waals surface area (Å²) in [7, 11) is 0. The lowest BCUT2D eigenvalue weighted by atomic mass is 9.86. The highest BCUT2D eigenvalue weighted by molar-refractivity contribution is 5.26. The smallest absolute Gasteiger partial charge is 0.0488 e. The third-order valence-electron chi connectivity index (χ3n) is 3.86. The van der Waals surface area contributed by atoms with Crippen molar-refractivity contribution in [1.82, 2.24) is 9.97 Å². The lowest BCUT2D eigenvalue weighted by molar-refractivity contribution is 0.553. The van der Waals surface area contributed by atoms with Gasteiger partial charge in [-0.05, 0) is 49.4 Å². The number of hydrogen-bond acceptors (Lipinski definition) is 2. The van der Waals surface area contributed by atoms with Crippen molar-refractivity contribution in [3.63, 3.8) is 0 Å². The van der Waals surface area contributed by atoms with E-state index in [1.54, 1.807) is 0 Å². The van der Waals surface area contributed by atoms with Gasteiger partial charge in [0.15, 0.2) is 0 Å². The molecule has 2 aromatic heterocycles. The SMILES string of the molecule is Cc1cccc(C(C)CCc2cccnc2C(C)(C)C)n1. The maximum Gasteiger partial charge on any atom is 0.0488 e. The molecule has 0 saturated heterocycles. The van der Waals surface area contributed by atoms with E-state index in [9.17, 15) is 0 Å². The van der Waals surface area contributed by atoms with Gasteiger partial charge in [-0.25, -0.2) is 0 Å². The van der Waals surface area contributed by atoms with Gasteiger partial charge < -0.3 is 0 Å². The van der Waals surface area contributed by atoms with E-state index in [1.165, 1.54) is 17.0 Å². The van der Waals surface area contributed by atoms with Crippen LogP contribution in [0, 0.1) is 6.92 Å². The van der Waals surface area contributed by atoms with Crippen LogP contribution in [0.1, 0.15) is 62.7 Å². The Kier molecular flexibility index (Phi) is 4.76. The summed E-state index contributed by atoms with van der Waals surface area (Å²) in [5.41, 5.74) is 4.97. The summed E-state index contributed by atoms with van der Waals surface area (Å²) in [6.45, 7) is 11.0. The molecule has 0 aromatic carbocycles. The quantitative estimate of drug-likeness (QED) is 0.803. The maximum absolute atomic E-state index is 4.64. The van der Waals surface area contributed by atoms with E-state index in [0.717, 1.165) is 18.5 Å². The molecule has 21 heavy (non-hydrogen) atoms. The molecule has 0 radical (unpaired) electrons. The zero-order valence-corrected chi connectivity index (χ0v) is 13.9. The first-order valence-corrected chi connectivity index (χ1v) is 7.76. The highest BCUT2D eigenvalue weighted by atomic mass is 14.7.